The summed E-state index contributed by atoms with van der Waals surface area (Å²) in [4.78, 5) is 14.5. The predicted molar refractivity (Wildman–Crippen MR) is 52.8 cm³/mol. The summed E-state index contributed by atoms with van der Waals surface area (Å²) in [5.74, 6) is -0.939. The second-order valence-corrected chi connectivity index (χ2v) is 3.16. The Bertz CT molecular complexity index is 287. The van der Waals surface area contributed by atoms with E-state index in [9.17, 15) is 4.79 Å². The molecule has 4 heteroatoms. The van der Waals surface area contributed by atoms with Crippen molar-refractivity contribution in [2.45, 2.75) is 25.3 Å². The van der Waals surface area contributed by atoms with Crippen molar-refractivity contribution >= 4 is 5.97 Å². The third-order valence-corrected chi connectivity index (χ3v) is 1.99. The standard InChI is InChI=1S/C10H14N2O2/c11-9(10(13)14)6-3-5-8-4-1-2-7-12-8/h1-2,4,7,9H,3,5-6,11H2,(H,13,14)/t9-/m1/s1. The fourth-order valence-corrected chi connectivity index (χ4v) is 1.17. The van der Waals surface area contributed by atoms with Gasteiger partial charge in [-0.3, -0.25) is 9.78 Å². The average Bonchev–Trinajstić information content (AvgIpc) is 2.19. The Kier molecular flexibility index (Phi) is 4.07. The fourth-order valence-electron chi connectivity index (χ4n) is 1.17. The van der Waals surface area contributed by atoms with Crippen LogP contribution in [0.2, 0.25) is 0 Å². The van der Waals surface area contributed by atoms with Crippen molar-refractivity contribution in [1.82, 2.24) is 4.98 Å². The van der Waals surface area contributed by atoms with E-state index in [1.54, 1.807) is 6.20 Å². The van der Waals surface area contributed by atoms with E-state index in [-0.39, 0.29) is 0 Å². The van der Waals surface area contributed by atoms with Crippen LogP contribution in [-0.4, -0.2) is 22.1 Å². The first-order valence-electron chi connectivity index (χ1n) is 4.58. The van der Waals surface area contributed by atoms with Crippen molar-refractivity contribution in [3.05, 3.63) is 30.1 Å². The Labute approximate surface area is 82.8 Å². The monoisotopic (exact) mass is 194 g/mol. The SMILES string of the molecule is N[C@H](CCCc1ccccn1)C(=O)O. The highest BCUT2D eigenvalue weighted by molar-refractivity contribution is 5.72. The van der Waals surface area contributed by atoms with Gasteiger partial charge in [0.2, 0.25) is 0 Å². The summed E-state index contributed by atoms with van der Waals surface area (Å²) in [6.45, 7) is 0. The van der Waals surface area contributed by atoms with Crippen molar-refractivity contribution in [2.24, 2.45) is 5.73 Å². The first-order valence-corrected chi connectivity index (χ1v) is 4.58. The van der Waals surface area contributed by atoms with Gasteiger partial charge in [0.25, 0.3) is 0 Å². The lowest BCUT2D eigenvalue weighted by molar-refractivity contribution is -0.138. The lowest BCUT2D eigenvalue weighted by atomic mass is 10.1. The molecule has 0 saturated carbocycles. The fraction of sp³-hybridized carbons (Fsp3) is 0.400. The highest BCUT2D eigenvalue weighted by Gasteiger charge is 2.10. The molecular weight excluding hydrogens is 180 g/mol. The number of carboxylic acids is 1. The molecule has 0 radical (unpaired) electrons. The Morgan fingerprint density at radius 2 is 2.36 bits per heavy atom. The average molecular weight is 194 g/mol. The number of aliphatic carboxylic acids is 1. The van der Waals surface area contributed by atoms with Gasteiger partial charge in [-0.2, -0.15) is 0 Å². The number of hydrogen-bond donors (Lipinski definition) is 2. The van der Waals surface area contributed by atoms with E-state index in [0.717, 1.165) is 18.5 Å². The molecule has 0 fully saturated rings. The van der Waals surface area contributed by atoms with Gasteiger partial charge in [-0.05, 0) is 31.4 Å². The van der Waals surface area contributed by atoms with Crippen LogP contribution in [0.3, 0.4) is 0 Å². The van der Waals surface area contributed by atoms with Crippen molar-refractivity contribution in [3.8, 4) is 0 Å². The Morgan fingerprint density at radius 1 is 1.57 bits per heavy atom. The summed E-state index contributed by atoms with van der Waals surface area (Å²) >= 11 is 0. The van der Waals surface area contributed by atoms with Gasteiger partial charge in [0.15, 0.2) is 0 Å². The Hall–Kier alpha value is -1.42. The van der Waals surface area contributed by atoms with Crippen molar-refractivity contribution < 1.29 is 9.90 Å². The van der Waals surface area contributed by atoms with Crippen LogP contribution in [0.4, 0.5) is 0 Å². The number of aryl methyl sites for hydroxylation is 1. The number of carbonyl (C=O) groups is 1. The molecule has 0 aliphatic heterocycles. The maximum atomic E-state index is 10.4. The molecular formula is C10H14N2O2. The van der Waals surface area contributed by atoms with E-state index >= 15 is 0 Å². The highest BCUT2D eigenvalue weighted by Crippen LogP contribution is 2.02. The number of nitrogens with zero attached hydrogens (tertiary/aromatic N) is 1. The van der Waals surface area contributed by atoms with E-state index in [1.807, 2.05) is 18.2 Å². The summed E-state index contributed by atoms with van der Waals surface area (Å²) in [6, 6.07) is 4.94. The number of pyridine rings is 1. The predicted octanol–water partition coefficient (Wildman–Crippen LogP) is 0.816. The zero-order chi connectivity index (χ0) is 10.4. The lowest BCUT2D eigenvalue weighted by Crippen LogP contribution is -2.29. The molecule has 0 aliphatic rings. The minimum Gasteiger partial charge on any atom is -0.480 e. The molecule has 1 rings (SSSR count). The molecule has 1 heterocycles. The Morgan fingerprint density at radius 3 is 2.93 bits per heavy atom. The molecule has 14 heavy (non-hydrogen) atoms. The van der Waals surface area contributed by atoms with Gasteiger partial charge in [-0.1, -0.05) is 6.07 Å². The van der Waals surface area contributed by atoms with E-state index < -0.39 is 12.0 Å². The molecule has 1 aromatic heterocycles. The number of rotatable bonds is 5. The molecule has 1 atom stereocenters. The number of carboxylic acid groups (broad SMARTS) is 1. The van der Waals surface area contributed by atoms with Crippen LogP contribution >= 0.6 is 0 Å². The van der Waals surface area contributed by atoms with Gasteiger partial charge >= 0.3 is 5.97 Å². The summed E-state index contributed by atoms with van der Waals surface area (Å²) < 4.78 is 0. The quantitative estimate of drug-likeness (QED) is 0.727. The smallest absolute Gasteiger partial charge is 0.320 e. The topological polar surface area (TPSA) is 76.2 Å². The van der Waals surface area contributed by atoms with E-state index in [1.165, 1.54) is 0 Å². The van der Waals surface area contributed by atoms with Crippen LogP contribution in [0.1, 0.15) is 18.5 Å². The van der Waals surface area contributed by atoms with Crippen LogP contribution in [-0.2, 0) is 11.2 Å². The molecule has 0 saturated heterocycles. The normalized spacial score (nSPS) is 12.4. The van der Waals surface area contributed by atoms with Crippen molar-refractivity contribution in [3.63, 3.8) is 0 Å². The molecule has 4 nitrogen and oxygen atoms in total. The summed E-state index contributed by atoms with van der Waals surface area (Å²) in [5.41, 5.74) is 6.34. The van der Waals surface area contributed by atoms with Crippen LogP contribution < -0.4 is 5.73 Å². The van der Waals surface area contributed by atoms with Gasteiger partial charge in [0, 0.05) is 11.9 Å². The van der Waals surface area contributed by atoms with Gasteiger partial charge in [-0.15, -0.1) is 0 Å². The van der Waals surface area contributed by atoms with Crippen molar-refractivity contribution in [1.29, 1.82) is 0 Å². The molecule has 3 N–H and O–H groups in total. The van der Waals surface area contributed by atoms with Crippen LogP contribution in [0, 0.1) is 0 Å². The summed E-state index contributed by atoms with van der Waals surface area (Å²) in [5, 5.41) is 8.54. The zero-order valence-corrected chi connectivity index (χ0v) is 7.89. The first kappa shape index (κ1) is 10.7. The van der Waals surface area contributed by atoms with E-state index in [0.29, 0.717) is 6.42 Å². The molecule has 76 valence electrons. The number of aromatic nitrogens is 1. The van der Waals surface area contributed by atoms with Crippen LogP contribution in [0.5, 0.6) is 0 Å². The van der Waals surface area contributed by atoms with Gasteiger partial charge in [0.05, 0.1) is 0 Å². The second-order valence-electron chi connectivity index (χ2n) is 3.16. The molecule has 0 spiro atoms. The Balaban J connectivity index is 2.26. The molecule has 0 aromatic carbocycles. The van der Waals surface area contributed by atoms with Crippen LogP contribution in [0.25, 0.3) is 0 Å². The highest BCUT2D eigenvalue weighted by atomic mass is 16.4. The third kappa shape index (κ3) is 3.53. The molecule has 0 bridgehead atoms. The maximum Gasteiger partial charge on any atom is 0.320 e. The maximum absolute atomic E-state index is 10.4. The first-order chi connectivity index (χ1) is 6.70. The van der Waals surface area contributed by atoms with E-state index in [4.69, 9.17) is 10.8 Å². The van der Waals surface area contributed by atoms with Gasteiger partial charge in [0.1, 0.15) is 6.04 Å². The minimum atomic E-state index is -0.939. The number of hydrogen-bond acceptors (Lipinski definition) is 3. The van der Waals surface area contributed by atoms with E-state index in [2.05, 4.69) is 4.98 Å². The molecule has 0 aliphatic carbocycles. The van der Waals surface area contributed by atoms with Crippen molar-refractivity contribution in [2.75, 3.05) is 0 Å². The summed E-state index contributed by atoms with van der Waals surface area (Å²) in [7, 11) is 0. The number of nitrogens with two attached hydrogens (primary N) is 1. The van der Waals surface area contributed by atoms with Gasteiger partial charge in [-0.25, -0.2) is 0 Å². The zero-order valence-electron chi connectivity index (χ0n) is 7.89. The minimum absolute atomic E-state index is 0.492. The summed E-state index contributed by atoms with van der Waals surface area (Å²) in [6.07, 6.45) is 3.75. The molecule has 0 amide bonds. The lowest BCUT2D eigenvalue weighted by Gasteiger charge is -2.04. The molecule has 0 unspecified atom stereocenters. The van der Waals surface area contributed by atoms with Crippen LogP contribution in [0.15, 0.2) is 24.4 Å². The molecule has 1 aromatic rings. The third-order valence-electron chi connectivity index (χ3n) is 1.99. The second kappa shape index (κ2) is 5.34. The van der Waals surface area contributed by atoms with Gasteiger partial charge < -0.3 is 10.8 Å². The largest absolute Gasteiger partial charge is 0.480 e.